The van der Waals surface area contributed by atoms with Crippen molar-refractivity contribution in [2.75, 3.05) is 13.1 Å². The molecule has 2 fully saturated rings. The number of carbonyl (C=O) groups is 1. The molecule has 30 heavy (non-hydrogen) atoms. The van der Waals surface area contributed by atoms with Crippen molar-refractivity contribution in [1.29, 1.82) is 0 Å². The van der Waals surface area contributed by atoms with Crippen molar-refractivity contribution >= 4 is 27.8 Å². The second-order valence-corrected chi connectivity index (χ2v) is 9.91. The molecule has 0 spiro atoms. The molecule has 9 heteroatoms. The third kappa shape index (κ3) is 3.80. The van der Waals surface area contributed by atoms with Gasteiger partial charge in [0, 0.05) is 17.5 Å². The molecule has 2 unspecified atom stereocenters. The third-order valence-corrected chi connectivity index (χ3v) is 7.80. The first-order valence-electron chi connectivity index (χ1n) is 9.73. The number of nitrogens with one attached hydrogen (secondary N) is 1. The van der Waals surface area contributed by atoms with Gasteiger partial charge < -0.3 is 9.84 Å². The van der Waals surface area contributed by atoms with Crippen molar-refractivity contribution in [1.82, 2.24) is 9.03 Å². The molecule has 1 saturated carbocycles. The van der Waals surface area contributed by atoms with Crippen molar-refractivity contribution in [3.8, 4) is 5.75 Å². The number of nitrogens with zero attached hydrogens (tertiary/aromatic N) is 1. The molecule has 7 nitrogen and oxygen atoms in total. The standard InChI is InChI=1S/C21H23ClN2O5S/c1-14-19(15-6-3-2-4-7-15)21(14,20(25)26)23-30(27,28)24-11-10-18(13-24)29-17-9-5-8-16(22)12-17/h2-9,12,14,18-19,23H,10-11,13H2,1H3,(H,25,26)/t14?,18?,19-,21-/m0/s1. The van der Waals surface area contributed by atoms with Gasteiger partial charge in [0.1, 0.15) is 17.4 Å². The van der Waals surface area contributed by atoms with Crippen molar-refractivity contribution in [3.63, 3.8) is 0 Å². The van der Waals surface area contributed by atoms with Gasteiger partial charge >= 0.3 is 5.97 Å². The highest BCUT2D eigenvalue weighted by Crippen LogP contribution is 2.58. The predicted molar refractivity (Wildman–Crippen MR) is 113 cm³/mol. The molecule has 4 atom stereocenters. The summed E-state index contributed by atoms with van der Waals surface area (Å²) < 4.78 is 35.7. The predicted octanol–water partition coefficient (Wildman–Crippen LogP) is 2.88. The number of benzene rings is 2. The normalized spacial score (nSPS) is 28.9. The van der Waals surface area contributed by atoms with Gasteiger partial charge in [-0.25, -0.2) is 0 Å². The zero-order valence-electron chi connectivity index (χ0n) is 16.4. The monoisotopic (exact) mass is 450 g/mol. The Labute approximate surface area is 180 Å². The number of halogens is 1. The first-order valence-corrected chi connectivity index (χ1v) is 11.6. The molecular weight excluding hydrogens is 428 g/mol. The minimum absolute atomic E-state index is 0.141. The number of aliphatic carboxylic acids is 1. The number of rotatable bonds is 7. The van der Waals surface area contributed by atoms with Gasteiger partial charge in [0.25, 0.3) is 10.2 Å². The fourth-order valence-corrected chi connectivity index (χ4v) is 6.17. The largest absolute Gasteiger partial charge is 0.489 e. The zero-order valence-corrected chi connectivity index (χ0v) is 17.9. The molecule has 0 radical (unpaired) electrons. The van der Waals surface area contributed by atoms with E-state index < -0.39 is 27.6 Å². The van der Waals surface area contributed by atoms with E-state index in [1.165, 1.54) is 4.31 Å². The molecule has 2 aromatic carbocycles. The summed E-state index contributed by atoms with van der Waals surface area (Å²) in [6.45, 7) is 2.14. The van der Waals surface area contributed by atoms with Crippen LogP contribution in [-0.2, 0) is 15.0 Å². The van der Waals surface area contributed by atoms with Gasteiger partial charge in [-0.05, 0) is 36.1 Å². The average Bonchev–Trinajstić information content (AvgIpc) is 3.04. The van der Waals surface area contributed by atoms with E-state index in [9.17, 15) is 18.3 Å². The van der Waals surface area contributed by atoms with Crippen LogP contribution < -0.4 is 9.46 Å². The van der Waals surface area contributed by atoms with E-state index in [1.54, 1.807) is 31.2 Å². The Morgan fingerprint density at radius 3 is 2.63 bits per heavy atom. The van der Waals surface area contributed by atoms with Gasteiger partial charge in [-0.15, -0.1) is 0 Å². The zero-order chi connectivity index (χ0) is 21.5. The van der Waals surface area contributed by atoms with Crippen molar-refractivity contribution in [2.24, 2.45) is 5.92 Å². The highest BCUT2D eigenvalue weighted by molar-refractivity contribution is 7.87. The van der Waals surface area contributed by atoms with E-state index in [0.717, 1.165) is 5.56 Å². The summed E-state index contributed by atoms with van der Waals surface area (Å²) in [5.41, 5.74) is -0.745. The van der Waals surface area contributed by atoms with Crippen LogP contribution in [0.2, 0.25) is 5.02 Å². The second-order valence-electron chi connectivity index (χ2n) is 7.80. The third-order valence-electron chi connectivity index (χ3n) is 5.96. The minimum atomic E-state index is -4.01. The van der Waals surface area contributed by atoms with Crippen LogP contribution in [0.3, 0.4) is 0 Å². The van der Waals surface area contributed by atoms with Crippen LogP contribution in [0.15, 0.2) is 54.6 Å². The highest BCUT2D eigenvalue weighted by atomic mass is 35.5. The first-order chi connectivity index (χ1) is 14.2. The lowest BCUT2D eigenvalue weighted by atomic mass is 10.1. The topological polar surface area (TPSA) is 95.9 Å². The average molecular weight is 451 g/mol. The quantitative estimate of drug-likeness (QED) is 0.676. The molecule has 2 aliphatic rings. The summed E-state index contributed by atoms with van der Waals surface area (Å²) in [4.78, 5) is 12.1. The Kier molecular flexibility index (Phi) is 5.52. The number of carboxylic acids is 1. The summed E-state index contributed by atoms with van der Waals surface area (Å²) in [6, 6.07) is 16.1. The molecule has 1 heterocycles. The molecule has 4 rings (SSSR count). The van der Waals surface area contributed by atoms with Gasteiger partial charge in [0.2, 0.25) is 0 Å². The summed E-state index contributed by atoms with van der Waals surface area (Å²) >= 11 is 5.97. The number of carboxylic acid groups (broad SMARTS) is 1. The molecule has 1 aliphatic carbocycles. The number of ether oxygens (including phenoxy) is 1. The van der Waals surface area contributed by atoms with E-state index in [-0.39, 0.29) is 25.1 Å². The maximum Gasteiger partial charge on any atom is 0.325 e. The first kappa shape index (κ1) is 21.1. The molecule has 1 saturated heterocycles. The van der Waals surface area contributed by atoms with Crippen LogP contribution in [0.4, 0.5) is 0 Å². The van der Waals surface area contributed by atoms with Crippen LogP contribution in [0, 0.1) is 5.92 Å². The maximum absolute atomic E-state index is 13.0. The molecule has 0 amide bonds. The van der Waals surface area contributed by atoms with Crippen LogP contribution in [0.25, 0.3) is 0 Å². The molecular formula is C21H23ClN2O5S. The lowest BCUT2D eigenvalue weighted by Gasteiger charge is -2.22. The summed E-state index contributed by atoms with van der Waals surface area (Å²) in [6.07, 6.45) is 0.174. The fraction of sp³-hybridized carbons (Fsp3) is 0.381. The minimum Gasteiger partial charge on any atom is -0.489 e. The number of hydrogen-bond acceptors (Lipinski definition) is 4. The lowest BCUT2D eigenvalue weighted by molar-refractivity contribution is -0.140. The second kappa shape index (κ2) is 7.85. The molecule has 0 bridgehead atoms. The van der Waals surface area contributed by atoms with Crippen LogP contribution in [-0.4, -0.2) is 48.5 Å². The Balaban J connectivity index is 1.48. The molecule has 1 aliphatic heterocycles. The smallest absolute Gasteiger partial charge is 0.325 e. The summed E-state index contributed by atoms with van der Waals surface area (Å²) in [5.74, 6) is -1.39. The molecule has 160 valence electrons. The van der Waals surface area contributed by atoms with E-state index in [1.807, 2.05) is 30.3 Å². The Hall–Kier alpha value is -2.13. The van der Waals surface area contributed by atoms with Crippen molar-refractivity contribution in [2.45, 2.75) is 30.9 Å². The molecule has 0 aromatic heterocycles. The van der Waals surface area contributed by atoms with E-state index >= 15 is 0 Å². The van der Waals surface area contributed by atoms with Crippen LogP contribution in [0.5, 0.6) is 5.75 Å². The number of hydrogen-bond donors (Lipinski definition) is 2. The van der Waals surface area contributed by atoms with E-state index in [0.29, 0.717) is 17.2 Å². The van der Waals surface area contributed by atoms with Crippen LogP contribution in [0.1, 0.15) is 24.8 Å². The SMILES string of the molecule is CC1[C@@H](c2ccccc2)[C@]1(NS(=O)(=O)N1CCC(Oc2cccc(Cl)c2)C1)C(=O)O. The van der Waals surface area contributed by atoms with Gasteiger partial charge in [0.15, 0.2) is 0 Å². The summed E-state index contributed by atoms with van der Waals surface area (Å²) in [7, 11) is -4.01. The van der Waals surface area contributed by atoms with Crippen molar-refractivity contribution in [3.05, 3.63) is 65.2 Å². The van der Waals surface area contributed by atoms with Gasteiger partial charge in [0.05, 0.1) is 6.54 Å². The van der Waals surface area contributed by atoms with Crippen molar-refractivity contribution < 1.29 is 23.1 Å². The van der Waals surface area contributed by atoms with Gasteiger partial charge in [-0.1, -0.05) is 54.9 Å². The fourth-order valence-electron chi connectivity index (χ4n) is 4.32. The molecule has 2 aromatic rings. The maximum atomic E-state index is 13.0. The van der Waals surface area contributed by atoms with E-state index in [4.69, 9.17) is 16.3 Å². The van der Waals surface area contributed by atoms with E-state index in [2.05, 4.69) is 4.72 Å². The highest BCUT2D eigenvalue weighted by Gasteiger charge is 2.70. The Morgan fingerprint density at radius 1 is 1.23 bits per heavy atom. The summed E-state index contributed by atoms with van der Waals surface area (Å²) in [5, 5.41) is 10.4. The van der Waals surface area contributed by atoms with Gasteiger partial charge in [-0.2, -0.15) is 17.4 Å². The lowest BCUT2D eigenvalue weighted by Crippen LogP contribution is -2.51. The van der Waals surface area contributed by atoms with Crippen LogP contribution >= 0.6 is 11.6 Å². The Bertz CT molecular complexity index is 1050. The Morgan fingerprint density at radius 2 is 1.97 bits per heavy atom. The van der Waals surface area contributed by atoms with Gasteiger partial charge in [-0.3, -0.25) is 4.79 Å². The molecule has 2 N–H and O–H groups in total.